The van der Waals surface area contributed by atoms with Gasteiger partial charge in [-0.15, -0.1) is 0 Å². The van der Waals surface area contributed by atoms with Gasteiger partial charge in [-0.3, -0.25) is 9.59 Å². The Morgan fingerprint density at radius 1 is 1.30 bits per heavy atom. The van der Waals surface area contributed by atoms with Crippen molar-refractivity contribution in [1.82, 2.24) is 10.3 Å². The van der Waals surface area contributed by atoms with Crippen LogP contribution in [0.5, 0.6) is 0 Å². The third-order valence-corrected chi connectivity index (χ3v) is 3.98. The molecule has 2 rings (SSSR count). The highest BCUT2D eigenvalue weighted by Crippen LogP contribution is 2.11. The third kappa shape index (κ3) is 3.27. The summed E-state index contributed by atoms with van der Waals surface area (Å²) in [7, 11) is 0. The molecule has 4 nitrogen and oxygen atoms in total. The Morgan fingerprint density at radius 3 is 2.65 bits per heavy atom. The van der Waals surface area contributed by atoms with Crippen LogP contribution in [0.4, 0.5) is 0 Å². The van der Waals surface area contributed by atoms with Gasteiger partial charge in [0.2, 0.25) is 0 Å². The van der Waals surface area contributed by atoms with Crippen molar-refractivity contribution in [3.8, 4) is 0 Å². The van der Waals surface area contributed by atoms with E-state index in [4.69, 9.17) is 0 Å². The average Bonchev–Trinajstić information content (AvgIpc) is 2.37. The van der Waals surface area contributed by atoms with E-state index >= 15 is 0 Å². The van der Waals surface area contributed by atoms with E-state index < -0.39 is 0 Å². The van der Waals surface area contributed by atoms with Gasteiger partial charge >= 0.3 is 0 Å². The van der Waals surface area contributed by atoms with Crippen molar-refractivity contribution < 1.29 is 4.79 Å². The number of carbonyl (C=O) groups is 1. The first-order valence-electron chi connectivity index (χ1n) is 6.21. The lowest BCUT2D eigenvalue weighted by atomic mass is 10.1. The Kier molecular flexibility index (Phi) is 4.59. The molecule has 0 saturated carbocycles. The second-order valence-corrected chi connectivity index (χ2v) is 5.77. The molecule has 1 aromatic carbocycles. The lowest BCUT2D eigenvalue weighted by Crippen LogP contribution is -2.28. The highest BCUT2D eigenvalue weighted by molar-refractivity contribution is 14.1. The molecular formula is C15H15IN2O2. The number of benzene rings is 1. The fourth-order valence-electron chi connectivity index (χ4n) is 2.01. The molecule has 0 saturated heterocycles. The molecule has 0 fully saturated rings. The van der Waals surface area contributed by atoms with E-state index in [0.29, 0.717) is 11.1 Å². The number of hydrogen-bond donors (Lipinski definition) is 2. The summed E-state index contributed by atoms with van der Waals surface area (Å²) < 4.78 is 0.886. The Labute approximate surface area is 130 Å². The van der Waals surface area contributed by atoms with Crippen molar-refractivity contribution in [2.24, 2.45) is 0 Å². The van der Waals surface area contributed by atoms with Crippen molar-refractivity contribution in [1.29, 1.82) is 0 Å². The Hall–Kier alpha value is -1.63. The molecule has 0 aliphatic heterocycles. The fraction of sp³-hybridized carbons (Fsp3) is 0.200. The quantitative estimate of drug-likeness (QED) is 0.802. The van der Waals surface area contributed by atoms with E-state index in [1.54, 1.807) is 6.07 Å². The summed E-state index contributed by atoms with van der Waals surface area (Å²) in [5, 5.41) is 2.79. The van der Waals surface area contributed by atoms with E-state index in [1.165, 1.54) is 0 Å². The lowest BCUT2D eigenvalue weighted by Gasteiger charge is -2.09. The highest BCUT2D eigenvalue weighted by atomic mass is 127. The smallest absolute Gasteiger partial charge is 0.253 e. The summed E-state index contributed by atoms with van der Waals surface area (Å²) in [6.45, 7) is 3.93. The van der Waals surface area contributed by atoms with Crippen LogP contribution < -0.4 is 10.9 Å². The summed E-state index contributed by atoms with van der Waals surface area (Å²) in [6.07, 6.45) is 0. The minimum Gasteiger partial charge on any atom is -0.348 e. The molecule has 2 aromatic rings. The normalized spacial score (nSPS) is 10.3. The summed E-state index contributed by atoms with van der Waals surface area (Å²) >= 11 is 2.12. The molecule has 0 aliphatic rings. The molecule has 1 heterocycles. The number of aromatic nitrogens is 1. The van der Waals surface area contributed by atoms with Crippen LogP contribution in [-0.4, -0.2) is 10.9 Å². The molecule has 0 spiro atoms. The molecule has 1 amide bonds. The molecule has 0 aliphatic carbocycles. The maximum atomic E-state index is 12.1. The second-order valence-electron chi connectivity index (χ2n) is 4.61. The van der Waals surface area contributed by atoms with Crippen LogP contribution in [-0.2, 0) is 6.54 Å². The molecule has 1 aromatic heterocycles. The third-order valence-electron chi connectivity index (χ3n) is 3.04. The molecule has 0 atom stereocenters. The molecule has 0 unspecified atom stereocenters. The first-order valence-corrected chi connectivity index (χ1v) is 7.29. The molecular weight excluding hydrogens is 367 g/mol. The first-order chi connectivity index (χ1) is 9.49. The highest BCUT2D eigenvalue weighted by Gasteiger charge is 2.11. The molecule has 0 radical (unpaired) electrons. The molecule has 20 heavy (non-hydrogen) atoms. The number of aromatic amines is 1. The number of aryl methyl sites for hydroxylation is 2. The van der Waals surface area contributed by atoms with Crippen LogP contribution in [0.15, 0.2) is 35.1 Å². The van der Waals surface area contributed by atoms with Gasteiger partial charge in [0.25, 0.3) is 11.5 Å². The second kappa shape index (κ2) is 6.21. The van der Waals surface area contributed by atoms with Gasteiger partial charge in [0, 0.05) is 21.4 Å². The van der Waals surface area contributed by atoms with Crippen LogP contribution >= 0.6 is 22.6 Å². The van der Waals surface area contributed by atoms with Crippen LogP contribution in [0.1, 0.15) is 27.2 Å². The van der Waals surface area contributed by atoms with E-state index in [9.17, 15) is 9.59 Å². The maximum absolute atomic E-state index is 12.1. The number of carbonyl (C=O) groups excluding carboxylic acids is 1. The van der Waals surface area contributed by atoms with Gasteiger partial charge < -0.3 is 10.3 Å². The molecule has 104 valence electrons. The minimum absolute atomic E-state index is 0.148. The van der Waals surface area contributed by atoms with Crippen LogP contribution in [0.3, 0.4) is 0 Å². The van der Waals surface area contributed by atoms with Crippen molar-refractivity contribution >= 4 is 28.5 Å². The van der Waals surface area contributed by atoms with E-state index in [0.717, 1.165) is 14.8 Å². The summed E-state index contributed by atoms with van der Waals surface area (Å²) in [5.41, 5.74) is 2.77. The van der Waals surface area contributed by atoms with E-state index in [2.05, 4.69) is 32.9 Å². The van der Waals surface area contributed by atoms with Crippen molar-refractivity contribution in [2.45, 2.75) is 20.4 Å². The zero-order valence-electron chi connectivity index (χ0n) is 11.3. The monoisotopic (exact) mass is 382 g/mol. The molecule has 5 heteroatoms. The summed E-state index contributed by atoms with van der Waals surface area (Å²) in [6, 6.07) is 9.24. The van der Waals surface area contributed by atoms with Gasteiger partial charge in [-0.25, -0.2) is 0 Å². The van der Waals surface area contributed by atoms with Gasteiger partial charge in [0.05, 0.1) is 5.56 Å². The fourth-order valence-corrected chi connectivity index (χ4v) is 2.64. The van der Waals surface area contributed by atoms with Crippen LogP contribution in [0, 0.1) is 17.4 Å². The minimum atomic E-state index is -0.172. The van der Waals surface area contributed by atoms with Gasteiger partial charge in [-0.1, -0.05) is 12.1 Å². The SMILES string of the molecule is Cc1cc(C)c(CNC(=O)c2ccccc2I)c(=O)[nH]1. The van der Waals surface area contributed by atoms with Gasteiger partial charge in [0.15, 0.2) is 0 Å². The number of pyridine rings is 1. The van der Waals surface area contributed by atoms with Gasteiger partial charge in [-0.2, -0.15) is 0 Å². The van der Waals surface area contributed by atoms with Gasteiger partial charge in [0.1, 0.15) is 0 Å². The summed E-state index contributed by atoms with van der Waals surface area (Å²) in [5.74, 6) is -0.172. The van der Waals surface area contributed by atoms with E-state index in [1.807, 2.05) is 38.1 Å². The van der Waals surface area contributed by atoms with Crippen LogP contribution in [0.25, 0.3) is 0 Å². The average molecular weight is 382 g/mol. The number of rotatable bonds is 3. The number of halogens is 1. The number of nitrogens with one attached hydrogen (secondary N) is 2. The zero-order chi connectivity index (χ0) is 14.7. The van der Waals surface area contributed by atoms with Crippen molar-refractivity contribution in [3.63, 3.8) is 0 Å². The Bertz CT molecular complexity index is 707. The standard InChI is InChI=1S/C15H15IN2O2/c1-9-7-10(2)18-15(20)12(9)8-17-14(19)11-5-3-4-6-13(11)16/h3-7H,8H2,1-2H3,(H,17,19)(H,18,20). The Balaban J connectivity index is 2.16. The largest absolute Gasteiger partial charge is 0.348 e. The molecule has 2 N–H and O–H groups in total. The Morgan fingerprint density at radius 2 is 2.00 bits per heavy atom. The first kappa shape index (κ1) is 14.8. The predicted octanol–water partition coefficient (Wildman–Crippen LogP) is 2.53. The lowest BCUT2D eigenvalue weighted by molar-refractivity contribution is 0.0950. The molecule has 0 bridgehead atoms. The summed E-state index contributed by atoms with van der Waals surface area (Å²) in [4.78, 5) is 26.7. The van der Waals surface area contributed by atoms with E-state index in [-0.39, 0.29) is 18.0 Å². The van der Waals surface area contributed by atoms with Crippen molar-refractivity contribution in [3.05, 3.63) is 66.6 Å². The number of H-pyrrole nitrogens is 1. The van der Waals surface area contributed by atoms with Crippen LogP contribution in [0.2, 0.25) is 0 Å². The van der Waals surface area contributed by atoms with Crippen molar-refractivity contribution in [2.75, 3.05) is 0 Å². The maximum Gasteiger partial charge on any atom is 0.253 e. The predicted molar refractivity (Wildman–Crippen MR) is 86.9 cm³/mol. The van der Waals surface area contributed by atoms with Gasteiger partial charge in [-0.05, 0) is 60.2 Å². The number of hydrogen-bond acceptors (Lipinski definition) is 2. The number of amides is 1. The zero-order valence-corrected chi connectivity index (χ0v) is 13.4. The topological polar surface area (TPSA) is 62.0 Å².